The van der Waals surface area contributed by atoms with Crippen LogP contribution in [-0.4, -0.2) is 29.4 Å². The van der Waals surface area contributed by atoms with E-state index in [-0.39, 0.29) is 5.82 Å². The molecule has 0 bridgehead atoms. The average Bonchev–Trinajstić information content (AvgIpc) is 2.80. The second-order valence-corrected chi connectivity index (χ2v) is 6.45. The first-order valence-corrected chi connectivity index (χ1v) is 7.27. The Labute approximate surface area is 119 Å². The van der Waals surface area contributed by atoms with Crippen molar-refractivity contribution in [3.63, 3.8) is 0 Å². The Morgan fingerprint density at radius 3 is 2.68 bits per heavy atom. The number of hydrogen-bond donors (Lipinski definition) is 1. The first kappa shape index (κ1) is 14.2. The number of benzene rings is 1. The van der Waals surface area contributed by atoms with Crippen LogP contribution in [0.5, 0.6) is 0 Å². The minimum Gasteiger partial charge on any atom is -0.389 e. The van der Waals surface area contributed by atoms with Crippen LogP contribution in [-0.2, 0) is 0 Å². The number of hydrogen-bond acceptors (Lipinski definition) is 6. The number of aliphatic hydroxyl groups is 1. The van der Waals surface area contributed by atoms with Crippen molar-refractivity contribution in [3.05, 3.63) is 29.6 Å². The molecule has 1 N–H and O–H groups in total. The number of aromatic nitrogens is 2. The zero-order valence-corrected chi connectivity index (χ0v) is 12.4. The summed E-state index contributed by atoms with van der Waals surface area (Å²) in [6, 6.07) is 4.38. The van der Waals surface area contributed by atoms with Crippen molar-refractivity contribution >= 4 is 28.2 Å². The van der Waals surface area contributed by atoms with Gasteiger partial charge in [-0.1, -0.05) is 23.1 Å². The topological polar surface area (TPSA) is 49.3 Å². The summed E-state index contributed by atoms with van der Waals surface area (Å²) in [6.07, 6.45) is -0.723. The third-order valence-corrected chi connectivity index (χ3v) is 4.63. The number of rotatable bonds is 4. The van der Waals surface area contributed by atoms with Crippen molar-refractivity contribution in [2.24, 2.45) is 0 Å². The first-order chi connectivity index (χ1) is 8.97. The smallest absolute Gasteiger partial charge is 0.208 e. The Morgan fingerprint density at radius 2 is 2.11 bits per heavy atom. The summed E-state index contributed by atoms with van der Waals surface area (Å²) in [4.78, 5) is 2.67. The quantitative estimate of drug-likeness (QED) is 0.940. The predicted molar refractivity (Wildman–Crippen MR) is 75.4 cm³/mol. The number of anilines is 1. The van der Waals surface area contributed by atoms with E-state index in [9.17, 15) is 9.50 Å². The van der Waals surface area contributed by atoms with Gasteiger partial charge in [0.25, 0.3) is 0 Å². The van der Waals surface area contributed by atoms with Crippen molar-refractivity contribution in [3.8, 4) is 0 Å². The Bertz CT molecular complexity index is 572. The molecule has 2 aromatic rings. The van der Waals surface area contributed by atoms with Gasteiger partial charge in [-0.2, -0.15) is 0 Å². The van der Waals surface area contributed by atoms with Gasteiger partial charge in [-0.05, 0) is 30.7 Å². The number of aliphatic hydroxyl groups excluding tert-OH is 1. The minimum absolute atomic E-state index is 0.355. The number of nitrogens with zero attached hydrogens (tertiary/aromatic N) is 3. The van der Waals surface area contributed by atoms with Gasteiger partial charge >= 0.3 is 0 Å². The minimum atomic E-state index is -0.723. The van der Waals surface area contributed by atoms with Crippen LogP contribution in [0.1, 0.15) is 18.6 Å². The maximum atomic E-state index is 13.2. The summed E-state index contributed by atoms with van der Waals surface area (Å²) in [7, 11) is 3.79. The molecule has 0 saturated heterocycles. The fourth-order valence-electron chi connectivity index (χ4n) is 1.46. The Balaban J connectivity index is 2.27. The predicted octanol–water partition coefficient (Wildman–Crippen LogP) is 2.95. The maximum Gasteiger partial charge on any atom is 0.208 e. The molecule has 0 spiro atoms. The molecule has 0 fully saturated rings. The molecule has 4 nitrogen and oxygen atoms in total. The van der Waals surface area contributed by atoms with Crippen LogP contribution in [0.3, 0.4) is 0 Å². The lowest BCUT2D eigenvalue weighted by Gasteiger charge is -2.10. The van der Waals surface area contributed by atoms with Crippen LogP contribution >= 0.6 is 23.1 Å². The van der Waals surface area contributed by atoms with E-state index in [2.05, 4.69) is 10.2 Å². The van der Waals surface area contributed by atoms with E-state index in [0.717, 1.165) is 14.4 Å². The van der Waals surface area contributed by atoms with Crippen molar-refractivity contribution in [2.75, 3.05) is 19.0 Å². The molecule has 2 rings (SSSR count). The van der Waals surface area contributed by atoms with Gasteiger partial charge in [0, 0.05) is 19.0 Å². The zero-order chi connectivity index (χ0) is 14.0. The largest absolute Gasteiger partial charge is 0.389 e. The van der Waals surface area contributed by atoms with Crippen LogP contribution < -0.4 is 4.90 Å². The third kappa shape index (κ3) is 3.43. The van der Waals surface area contributed by atoms with Gasteiger partial charge in [-0.15, -0.1) is 10.2 Å². The highest BCUT2D eigenvalue weighted by Crippen LogP contribution is 2.36. The molecular weight excluding hydrogens is 285 g/mol. The highest BCUT2D eigenvalue weighted by atomic mass is 32.2. The van der Waals surface area contributed by atoms with E-state index in [4.69, 9.17) is 0 Å². The van der Waals surface area contributed by atoms with Gasteiger partial charge in [-0.3, -0.25) is 0 Å². The van der Waals surface area contributed by atoms with Crippen LogP contribution in [0.25, 0.3) is 0 Å². The summed E-state index contributed by atoms with van der Waals surface area (Å²) in [5.41, 5.74) is 0.562. The molecule has 1 heterocycles. The molecule has 1 aromatic carbocycles. The van der Waals surface area contributed by atoms with Gasteiger partial charge < -0.3 is 10.0 Å². The Hall–Kier alpha value is -1.18. The average molecular weight is 299 g/mol. The molecule has 19 heavy (non-hydrogen) atoms. The molecule has 0 aliphatic heterocycles. The fraction of sp³-hybridized carbons (Fsp3) is 0.333. The molecule has 0 saturated carbocycles. The third-order valence-electron chi connectivity index (χ3n) is 2.40. The van der Waals surface area contributed by atoms with Gasteiger partial charge in [0.15, 0.2) is 4.34 Å². The van der Waals surface area contributed by atoms with Crippen LogP contribution in [0, 0.1) is 5.82 Å². The zero-order valence-electron chi connectivity index (χ0n) is 10.8. The van der Waals surface area contributed by atoms with E-state index in [1.807, 2.05) is 19.0 Å². The normalized spacial score (nSPS) is 12.5. The highest BCUT2D eigenvalue weighted by molar-refractivity contribution is 8.01. The summed E-state index contributed by atoms with van der Waals surface area (Å²) in [5.74, 6) is -0.355. The van der Waals surface area contributed by atoms with Gasteiger partial charge in [0.05, 0.1) is 6.10 Å². The van der Waals surface area contributed by atoms with Crippen LogP contribution in [0.4, 0.5) is 9.52 Å². The lowest BCUT2D eigenvalue weighted by Crippen LogP contribution is -2.07. The molecule has 7 heteroatoms. The molecule has 1 unspecified atom stereocenters. The molecule has 1 aromatic heterocycles. The van der Waals surface area contributed by atoms with Gasteiger partial charge in [0.2, 0.25) is 5.13 Å². The standard InChI is InChI=1S/C12H14FN3OS2/c1-7(17)9-6-8(13)4-5-10(9)18-12-15-14-11(19-12)16(2)3/h4-7,17H,1-3H3. The van der Waals surface area contributed by atoms with Crippen molar-refractivity contribution < 1.29 is 9.50 Å². The summed E-state index contributed by atoms with van der Waals surface area (Å²) in [6.45, 7) is 1.62. The monoisotopic (exact) mass is 299 g/mol. The molecule has 0 aliphatic rings. The summed E-state index contributed by atoms with van der Waals surface area (Å²) in [5, 5.41) is 18.6. The second-order valence-electron chi connectivity index (χ2n) is 4.21. The van der Waals surface area contributed by atoms with Crippen molar-refractivity contribution in [1.82, 2.24) is 10.2 Å². The van der Waals surface area contributed by atoms with E-state index in [1.54, 1.807) is 13.0 Å². The molecule has 102 valence electrons. The lowest BCUT2D eigenvalue weighted by atomic mass is 10.1. The Morgan fingerprint density at radius 1 is 1.37 bits per heavy atom. The number of halogens is 1. The molecule has 0 amide bonds. The second kappa shape index (κ2) is 5.85. The molecular formula is C12H14FN3OS2. The van der Waals surface area contributed by atoms with E-state index in [0.29, 0.717) is 5.56 Å². The molecule has 0 radical (unpaired) electrons. The Kier molecular flexibility index (Phi) is 4.38. The summed E-state index contributed by atoms with van der Waals surface area (Å²) < 4.78 is 14.0. The fourth-order valence-corrected chi connectivity index (χ4v) is 3.37. The van der Waals surface area contributed by atoms with Crippen molar-refractivity contribution in [2.45, 2.75) is 22.3 Å². The van der Waals surface area contributed by atoms with Crippen LogP contribution in [0.2, 0.25) is 0 Å². The summed E-state index contributed by atoms with van der Waals surface area (Å²) >= 11 is 2.83. The van der Waals surface area contributed by atoms with Gasteiger partial charge in [-0.25, -0.2) is 4.39 Å². The van der Waals surface area contributed by atoms with E-state index >= 15 is 0 Å². The highest BCUT2D eigenvalue weighted by Gasteiger charge is 2.13. The van der Waals surface area contributed by atoms with Crippen LogP contribution in [0.15, 0.2) is 27.4 Å². The lowest BCUT2D eigenvalue weighted by molar-refractivity contribution is 0.196. The molecule has 0 aliphatic carbocycles. The van der Waals surface area contributed by atoms with Crippen molar-refractivity contribution in [1.29, 1.82) is 0 Å². The molecule has 1 atom stereocenters. The first-order valence-electron chi connectivity index (χ1n) is 5.63. The SMILES string of the molecule is CC(O)c1cc(F)ccc1Sc1nnc(N(C)C)s1. The van der Waals surface area contributed by atoms with E-state index in [1.165, 1.54) is 35.2 Å². The van der Waals surface area contributed by atoms with E-state index < -0.39 is 6.10 Å². The van der Waals surface area contributed by atoms with Gasteiger partial charge in [0.1, 0.15) is 5.82 Å². The maximum absolute atomic E-state index is 13.2.